The number of amides is 1. The maximum absolute atomic E-state index is 12.7. The number of halogens is 2. The van der Waals surface area contributed by atoms with E-state index < -0.39 is 12.1 Å². The molecule has 4 unspecified atom stereocenters. The van der Waals surface area contributed by atoms with Crippen LogP contribution in [0.25, 0.3) is 0 Å². The highest BCUT2D eigenvalue weighted by Gasteiger charge is 2.35. The zero-order valence-corrected chi connectivity index (χ0v) is 32.7. The first-order chi connectivity index (χ1) is 24.3. The summed E-state index contributed by atoms with van der Waals surface area (Å²) in [6.45, 7) is 12.0. The number of aryl methyl sites for hydroxylation is 1. The largest absolute Gasteiger partial charge is 0.508 e. The van der Waals surface area contributed by atoms with Crippen molar-refractivity contribution >= 4 is 29.0 Å². The number of phenols is 1. The number of phenolic OH excluding ortho intramolecular Hbond substituents is 1. The first-order valence-corrected chi connectivity index (χ1v) is 19.0. The molecule has 2 saturated heterocycles. The number of carbonyl (C=O) groups is 1. The Morgan fingerprint density at radius 2 is 1.98 bits per heavy atom. The lowest BCUT2D eigenvalue weighted by Crippen LogP contribution is -2.37. The second-order valence-corrected chi connectivity index (χ2v) is 14.8. The molecule has 2 fully saturated rings. The molecule has 1 aromatic carbocycles. The predicted octanol–water partition coefficient (Wildman–Crippen LogP) is 6.93. The first-order valence-electron chi connectivity index (χ1n) is 18.6. The Morgan fingerprint density at radius 1 is 1.24 bits per heavy atom. The number of nitrogens with zero attached hydrogens (tertiary/aromatic N) is 6. The van der Waals surface area contributed by atoms with E-state index in [0.29, 0.717) is 37.8 Å². The van der Waals surface area contributed by atoms with Gasteiger partial charge in [0.05, 0.1) is 17.8 Å². The van der Waals surface area contributed by atoms with Crippen molar-refractivity contribution < 1.29 is 19.0 Å². The van der Waals surface area contributed by atoms with Gasteiger partial charge in [0.25, 0.3) is 5.91 Å². The van der Waals surface area contributed by atoms with E-state index in [9.17, 15) is 14.3 Å². The highest BCUT2D eigenvalue weighted by atomic mass is 35.5. The van der Waals surface area contributed by atoms with Gasteiger partial charge in [-0.05, 0) is 75.2 Å². The van der Waals surface area contributed by atoms with E-state index in [1.807, 2.05) is 6.07 Å². The number of anilines is 1. The van der Waals surface area contributed by atoms with E-state index in [1.54, 1.807) is 27.3 Å². The minimum atomic E-state index is -0.518. The Labute approximate surface area is 309 Å². The third-order valence-corrected chi connectivity index (χ3v) is 11.1. The van der Waals surface area contributed by atoms with Gasteiger partial charge in [0.2, 0.25) is 0 Å². The number of nitrogens with one attached hydrogen (secondary N) is 1. The zero-order chi connectivity index (χ0) is 37.4. The van der Waals surface area contributed by atoms with E-state index in [1.165, 1.54) is 17.7 Å². The normalized spacial score (nSPS) is 21.2. The Bertz CT molecular complexity index is 1540. The minimum absolute atomic E-state index is 0.0484. The molecule has 282 valence electrons. The van der Waals surface area contributed by atoms with Crippen LogP contribution in [0.5, 0.6) is 11.8 Å². The van der Waals surface area contributed by atoms with Crippen LogP contribution in [0.15, 0.2) is 28.8 Å². The average molecular weight is 728 g/mol. The van der Waals surface area contributed by atoms with Gasteiger partial charge in [-0.15, -0.1) is 0 Å². The number of hydrogen-bond acceptors (Lipinski definition) is 9. The molecule has 10 nitrogen and oxygen atoms in total. The Kier molecular flexibility index (Phi) is 14.7. The Hall–Kier alpha value is -3.28. The number of benzene rings is 1. The van der Waals surface area contributed by atoms with Crippen molar-refractivity contribution in [3.8, 4) is 11.8 Å². The fourth-order valence-electron chi connectivity index (χ4n) is 7.50. The van der Waals surface area contributed by atoms with E-state index in [0.717, 1.165) is 79.0 Å². The predicted molar refractivity (Wildman–Crippen MR) is 204 cm³/mol. The number of ether oxygens (including phenoxy) is 1. The molecule has 0 aliphatic carbocycles. The first kappa shape index (κ1) is 40.5. The van der Waals surface area contributed by atoms with Gasteiger partial charge < -0.3 is 19.6 Å². The van der Waals surface area contributed by atoms with Crippen LogP contribution in [0.3, 0.4) is 0 Å². The van der Waals surface area contributed by atoms with Gasteiger partial charge in [-0.25, -0.2) is 4.39 Å². The standard InChI is InChI=1S/C32H47ClN6O3.C7H12FN/c1-9-12-16-39(19-22(20(4)10-2)28(33)29(34)31(41)37(5)6)30-23-18-38(7)25(17-24(23)35-32(36-30)42-8)27-21(11-3)14-13-15-26(27)40;8-6-4-7-2-1-3-9(7)5-6/h13-15,20,25,34,40H,9-12,16-19H2,1-8H3;6-7H,1-5H2/b28-22+,34-29?;. The topological polar surface area (TPSA) is 109 Å². The molecular formula is C39H59ClFN7O3. The average Bonchev–Trinajstić information content (AvgIpc) is 3.71. The van der Waals surface area contributed by atoms with Crippen LogP contribution in [-0.2, 0) is 24.2 Å². The van der Waals surface area contributed by atoms with Gasteiger partial charge in [0, 0.05) is 69.9 Å². The van der Waals surface area contributed by atoms with Gasteiger partial charge in [-0.3, -0.25) is 20.0 Å². The minimum Gasteiger partial charge on any atom is -0.508 e. The van der Waals surface area contributed by atoms with Crippen molar-refractivity contribution in [2.45, 2.75) is 104 Å². The molecule has 51 heavy (non-hydrogen) atoms. The molecule has 0 saturated carbocycles. The lowest BCUT2D eigenvalue weighted by molar-refractivity contribution is -0.121. The smallest absolute Gasteiger partial charge is 0.318 e. The van der Waals surface area contributed by atoms with Crippen LogP contribution >= 0.6 is 11.6 Å². The molecule has 12 heteroatoms. The van der Waals surface area contributed by atoms with Crippen LogP contribution in [0.1, 0.15) is 94.6 Å². The molecule has 0 bridgehead atoms. The highest BCUT2D eigenvalue weighted by Crippen LogP contribution is 2.41. The summed E-state index contributed by atoms with van der Waals surface area (Å²) in [5, 5.41) is 19.6. The Balaban J connectivity index is 0.000000554. The molecule has 2 N–H and O–H groups in total. The second-order valence-electron chi connectivity index (χ2n) is 14.4. The molecule has 0 radical (unpaired) electrons. The number of alkyl halides is 1. The van der Waals surface area contributed by atoms with E-state index in [-0.39, 0.29) is 28.7 Å². The van der Waals surface area contributed by atoms with Gasteiger partial charge >= 0.3 is 6.01 Å². The number of rotatable bonds is 13. The number of fused-ring (bicyclic) bond motifs is 2. The molecule has 1 amide bonds. The number of aromatic nitrogens is 2. The summed E-state index contributed by atoms with van der Waals surface area (Å²) >= 11 is 6.82. The molecule has 4 heterocycles. The maximum atomic E-state index is 12.7. The summed E-state index contributed by atoms with van der Waals surface area (Å²) in [5.74, 6) is 0.704. The highest BCUT2D eigenvalue weighted by molar-refractivity contribution is 6.58. The summed E-state index contributed by atoms with van der Waals surface area (Å²) < 4.78 is 18.2. The van der Waals surface area contributed by atoms with Crippen molar-refractivity contribution in [2.75, 3.05) is 59.3 Å². The number of likely N-dealkylation sites (N-methyl/N-ethyl adjacent to an activating group) is 1. The molecule has 3 aliphatic rings. The number of carbonyl (C=O) groups excluding carboxylic acids is 1. The summed E-state index contributed by atoms with van der Waals surface area (Å²) in [6, 6.07) is 6.57. The number of methoxy groups -OCH3 is 1. The molecule has 5 rings (SSSR count). The Morgan fingerprint density at radius 3 is 2.61 bits per heavy atom. The third-order valence-electron chi connectivity index (χ3n) is 10.7. The monoisotopic (exact) mass is 727 g/mol. The second kappa shape index (κ2) is 18.5. The summed E-state index contributed by atoms with van der Waals surface area (Å²) in [6.07, 6.45) is 6.96. The molecule has 3 aliphatic heterocycles. The van der Waals surface area contributed by atoms with Crippen LogP contribution in [0, 0.1) is 11.3 Å². The number of hydrogen-bond donors (Lipinski definition) is 2. The number of unbranched alkanes of at least 4 members (excludes halogenated alkanes) is 1. The lowest BCUT2D eigenvalue weighted by atomic mass is 9.89. The quantitative estimate of drug-likeness (QED) is 0.214. The van der Waals surface area contributed by atoms with Crippen molar-refractivity contribution in [1.82, 2.24) is 24.7 Å². The summed E-state index contributed by atoms with van der Waals surface area (Å²) in [4.78, 5) is 30.4. The van der Waals surface area contributed by atoms with Crippen LogP contribution in [0.4, 0.5) is 10.2 Å². The molecule has 2 aromatic rings. The van der Waals surface area contributed by atoms with Crippen molar-refractivity contribution in [1.29, 1.82) is 5.41 Å². The SMILES string of the molecule is CCCCN(C/C(=C(\Cl)C(=N)C(=O)N(C)C)C(C)CC)c1nc(OC)nc2c1CN(C)C(c1c(O)cccc1CC)C2.FC1CC2CCCN2C1. The van der Waals surface area contributed by atoms with Crippen LogP contribution < -0.4 is 9.64 Å². The third kappa shape index (κ3) is 9.59. The lowest BCUT2D eigenvalue weighted by Gasteiger charge is -2.38. The van der Waals surface area contributed by atoms with Crippen molar-refractivity contribution in [3.63, 3.8) is 0 Å². The van der Waals surface area contributed by atoms with Crippen LogP contribution in [0.2, 0.25) is 0 Å². The summed E-state index contributed by atoms with van der Waals surface area (Å²) in [7, 11) is 6.89. The van der Waals surface area contributed by atoms with Crippen molar-refractivity contribution in [2.24, 2.45) is 5.92 Å². The fraction of sp³-hybridized carbons (Fsp3) is 0.641. The molecular weight excluding hydrogens is 669 g/mol. The summed E-state index contributed by atoms with van der Waals surface area (Å²) in [5.41, 5.74) is 4.60. The maximum Gasteiger partial charge on any atom is 0.318 e. The molecule has 4 atom stereocenters. The van der Waals surface area contributed by atoms with E-state index in [2.05, 4.69) is 55.5 Å². The van der Waals surface area contributed by atoms with Gasteiger partial charge in [-0.1, -0.05) is 57.8 Å². The van der Waals surface area contributed by atoms with E-state index >= 15 is 0 Å². The van der Waals surface area contributed by atoms with Crippen LogP contribution in [-0.4, -0.2) is 108 Å². The van der Waals surface area contributed by atoms with Gasteiger partial charge in [0.15, 0.2) is 0 Å². The zero-order valence-electron chi connectivity index (χ0n) is 31.9. The van der Waals surface area contributed by atoms with Gasteiger partial charge in [-0.2, -0.15) is 9.97 Å². The molecule has 0 spiro atoms. The van der Waals surface area contributed by atoms with Crippen molar-refractivity contribution in [3.05, 3.63) is 51.2 Å². The van der Waals surface area contributed by atoms with Gasteiger partial charge in [0.1, 0.15) is 23.5 Å². The number of aromatic hydroxyl groups is 1. The fourth-order valence-corrected chi connectivity index (χ4v) is 7.83. The molecule has 1 aromatic heterocycles. The van der Waals surface area contributed by atoms with E-state index in [4.69, 9.17) is 31.7 Å².